The summed E-state index contributed by atoms with van der Waals surface area (Å²) in [7, 11) is -3.49. The molecule has 1 aromatic carbocycles. The molecule has 5 rings (SSSR count). The van der Waals surface area contributed by atoms with Gasteiger partial charge in [0.05, 0.1) is 9.80 Å². The van der Waals surface area contributed by atoms with Gasteiger partial charge in [-0.15, -0.1) is 0 Å². The molecule has 4 heterocycles. The molecule has 2 fully saturated rings. The second kappa shape index (κ2) is 8.43. The highest BCUT2D eigenvalue weighted by atomic mass is 32.2. The Bertz CT molecular complexity index is 1350. The maximum atomic E-state index is 12.9. The Balaban J connectivity index is 1.47. The van der Waals surface area contributed by atoms with Gasteiger partial charge in [-0.3, -0.25) is 9.78 Å². The number of carbonyl (C=O) groups excluding carboxylic acids is 1. The Morgan fingerprint density at radius 2 is 1.88 bits per heavy atom. The van der Waals surface area contributed by atoms with E-state index in [1.165, 1.54) is 11.8 Å². The molecule has 2 saturated heterocycles. The second-order valence-electron chi connectivity index (χ2n) is 7.60. The molecule has 0 bridgehead atoms. The Hall–Kier alpha value is -2.53. The number of nitrogens with zero attached hydrogens (tertiary/aromatic N) is 2. The molecule has 0 spiro atoms. The first-order valence-corrected chi connectivity index (χ1v) is 12.8. The van der Waals surface area contributed by atoms with Crippen LogP contribution in [0.25, 0.3) is 28.2 Å². The summed E-state index contributed by atoms with van der Waals surface area (Å²) in [4.78, 5) is 17.0. The van der Waals surface area contributed by atoms with Crippen LogP contribution >= 0.6 is 24.0 Å². The number of thiocarbonyl (C=S) groups is 1. The summed E-state index contributed by atoms with van der Waals surface area (Å²) in [5.41, 5.74) is 2.15. The van der Waals surface area contributed by atoms with Gasteiger partial charge in [-0.2, -0.15) is 4.31 Å². The summed E-state index contributed by atoms with van der Waals surface area (Å²) in [6, 6.07) is 8.61. The van der Waals surface area contributed by atoms with Gasteiger partial charge in [0.25, 0.3) is 5.91 Å². The molecule has 0 aliphatic carbocycles. The van der Waals surface area contributed by atoms with Gasteiger partial charge in [0.15, 0.2) is 0 Å². The van der Waals surface area contributed by atoms with Gasteiger partial charge in [-0.05, 0) is 36.6 Å². The van der Waals surface area contributed by atoms with Crippen molar-refractivity contribution in [3.63, 3.8) is 0 Å². The van der Waals surface area contributed by atoms with Crippen molar-refractivity contribution >= 4 is 61.3 Å². The first-order chi connectivity index (χ1) is 15.4. The van der Waals surface area contributed by atoms with Crippen molar-refractivity contribution in [1.82, 2.24) is 14.6 Å². The fourth-order valence-corrected chi connectivity index (χ4v) is 6.41. The van der Waals surface area contributed by atoms with Crippen molar-refractivity contribution in [1.29, 1.82) is 0 Å². The molecule has 2 aliphatic rings. The third kappa shape index (κ3) is 3.99. The average molecular weight is 486 g/mol. The number of thioether (sulfide) groups is 1. The Kier molecular flexibility index (Phi) is 5.62. The molecule has 164 valence electrons. The molecule has 0 saturated carbocycles. The summed E-state index contributed by atoms with van der Waals surface area (Å²) >= 11 is 6.21. The van der Waals surface area contributed by atoms with E-state index in [-0.39, 0.29) is 10.8 Å². The third-order valence-corrected chi connectivity index (χ3v) is 8.55. The number of fused-ring (bicyclic) bond motifs is 1. The van der Waals surface area contributed by atoms with Crippen LogP contribution in [-0.2, 0) is 14.8 Å². The second-order valence-corrected chi connectivity index (χ2v) is 11.3. The standard InChI is InChI=1S/C22H19N3O4S3/c26-21-19(31-22(30)24-21)11-16-10-15-12-23-13-18(20(15)29-16)14-4-6-17(7-5-14)32(27,28)25-8-2-1-3-9-25/h4-7,10-13H,1-3,8-9H2,(H,24,26,30)/b19-11-. The molecule has 10 heteroatoms. The molecular weight excluding hydrogens is 466 g/mol. The Labute approximate surface area is 194 Å². The smallest absolute Gasteiger partial charge is 0.263 e. The Morgan fingerprint density at radius 1 is 1.12 bits per heavy atom. The van der Waals surface area contributed by atoms with Crippen molar-refractivity contribution in [3.05, 3.63) is 53.4 Å². The van der Waals surface area contributed by atoms with Crippen LogP contribution in [0.4, 0.5) is 0 Å². The van der Waals surface area contributed by atoms with Crippen LogP contribution in [-0.4, -0.2) is 41.0 Å². The van der Waals surface area contributed by atoms with Crippen molar-refractivity contribution in [2.24, 2.45) is 0 Å². The number of hydrogen-bond acceptors (Lipinski definition) is 7. The van der Waals surface area contributed by atoms with Crippen molar-refractivity contribution < 1.29 is 17.6 Å². The minimum Gasteiger partial charge on any atom is -0.456 e. The zero-order valence-electron chi connectivity index (χ0n) is 16.9. The first kappa shape index (κ1) is 21.3. The number of hydrogen-bond donors (Lipinski definition) is 1. The number of aromatic nitrogens is 1. The van der Waals surface area contributed by atoms with Crippen LogP contribution < -0.4 is 5.32 Å². The van der Waals surface area contributed by atoms with Crippen LogP contribution in [0, 0.1) is 0 Å². The minimum atomic E-state index is -3.49. The fraction of sp³-hybridized carbons (Fsp3) is 0.227. The highest BCUT2D eigenvalue weighted by Crippen LogP contribution is 2.33. The normalized spacial score (nSPS) is 19.1. The predicted molar refractivity (Wildman–Crippen MR) is 128 cm³/mol. The van der Waals surface area contributed by atoms with Gasteiger partial charge in [-0.1, -0.05) is 42.5 Å². The maximum Gasteiger partial charge on any atom is 0.263 e. The number of carbonyl (C=O) groups is 1. The first-order valence-electron chi connectivity index (χ1n) is 10.1. The van der Waals surface area contributed by atoms with Crippen molar-refractivity contribution in [2.75, 3.05) is 13.1 Å². The summed E-state index contributed by atoms with van der Waals surface area (Å²) < 4.78 is 33.8. The van der Waals surface area contributed by atoms with Gasteiger partial charge >= 0.3 is 0 Å². The van der Waals surface area contributed by atoms with E-state index in [9.17, 15) is 13.2 Å². The number of sulfonamides is 1. The Morgan fingerprint density at radius 3 is 2.56 bits per heavy atom. The molecule has 1 N–H and O–H groups in total. The van der Waals surface area contributed by atoms with Crippen LogP contribution in [0.15, 0.2) is 56.9 Å². The number of furan rings is 1. The minimum absolute atomic E-state index is 0.246. The molecule has 7 nitrogen and oxygen atoms in total. The van der Waals surface area contributed by atoms with E-state index < -0.39 is 10.0 Å². The molecule has 3 aromatic rings. The summed E-state index contributed by atoms with van der Waals surface area (Å²) in [5.74, 6) is 0.269. The van der Waals surface area contributed by atoms with E-state index in [4.69, 9.17) is 16.6 Å². The molecule has 2 aliphatic heterocycles. The van der Waals surface area contributed by atoms with E-state index >= 15 is 0 Å². The van der Waals surface area contributed by atoms with Crippen LogP contribution in [0.2, 0.25) is 0 Å². The molecule has 2 aromatic heterocycles. The number of pyridine rings is 1. The predicted octanol–water partition coefficient (Wildman–Crippen LogP) is 4.16. The third-order valence-electron chi connectivity index (χ3n) is 5.48. The topological polar surface area (TPSA) is 92.5 Å². The van der Waals surface area contributed by atoms with Gasteiger partial charge in [0.2, 0.25) is 10.0 Å². The average Bonchev–Trinajstić information content (AvgIpc) is 3.35. The van der Waals surface area contributed by atoms with Crippen LogP contribution in [0.3, 0.4) is 0 Å². The van der Waals surface area contributed by atoms with Gasteiger partial charge in [0, 0.05) is 42.5 Å². The lowest BCUT2D eigenvalue weighted by molar-refractivity contribution is -0.115. The number of benzene rings is 1. The quantitative estimate of drug-likeness (QED) is 0.438. The number of amides is 1. The number of piperidine rings is 1. The van der Waals surface area contributed by atoms with E-state index in [2.05, 4.69) is 10.3 Å². The molecular formula is C22H19N3O4S3. The zero-order valence-corrected chi connectivity index (χ0v) is 19.4. The van der Waals surface area contributed by atoms with E-state index in [1.807, 2.05) is 6.07 Å². The maximum absolute atomic E-state index is 12.9. The van der Waals surface area contributed by atoms with Crippen molar-refractivity contribution in [3.8, 4) is 11.1 Å². The van der Waals surface area contributed by atoms with Crippen molar-refractivity contribution in [2.45, 2.75) is 24.2 Å². The summed E-state index contributed by atoms with van der Waals surface area (Å²) in [6.45, 7) is 1.14. The fourth-order valence-electron chi connectivity index (χ4n) is 3.87. The summed E-state index contributed by atoms with van der Waals surface area (Å²) in [5, 5.41) is 3.36. The highest BCUT2D eigenvalue weighted by Gasteiger charge is 2.26. The molecule has 0 radical (unpaired) electrons. The lowest BCUT2D eigenvalue weighted by atomic mass is 10.1. The largest absolute Gasteiger partial charge is 0.456 e. The highest BCUT2D eigenvalue weighted by molar-refractivity contribution is 8.26. The zero-order chi connectivity index (χ0) is 22.3. The van der Waals surface area contributed by atoms with Gasteiger partial charge in [-0.25, -0.2) is 8.42 Å². The monoisotopic (exact) mass is 485 g/mol. The lowest BCUT2D eigenvalue weighted by Gasteiger charge is -2.25. The van der Waals surface area contributed by atoms with Crippen LogP contribution in [0.5, 0.6) is 0 Å². The van der Waals surface area contributed by atoms with E-state index in [0.29, 0.717) is 33.7 Å². The molecule has 0 atom stereocenters. The van der Waals surface area contributed by atoms with E-state index in [1.54, 1.807) is 47.0 Å². The summed E-state index contributed by atoms with van der Waals surface area (Å²) in [6.07, 6.45) is 7.88. The lowest BCUT2D eigenvalue weighted by Crippen LogP contribution is -2.35. The molecule has 1 amide bonds. The van der Waals surface area contributed by atoms with Gasteiger partial charge < -0.3 is 9.73 Å². The van der Waals surface area contributed by atoms with Gasteiger partial charge in [0.1, 0.15) is 15.7 Å². The number of rotatable bonds is 4. The van der Waals surface area contributed by atoms with Crippen LogP contribution in [0.1, 0.15) is 25.0 Å². The SMILES string of the molecule is O=C1NC(=S)S/C1=C\c1cc2cncc(-c3ccc(S(=O)(=O)N4CCCCC4)cc3)c2o1. The molecule has 32 heavy (non-hydrogen) atoms. The number of nitrogens with one attached hydrogen (secondary N) is 1. The van der Waals surface area contributed by atoms with E-state index in [0.717, 1.165) is 35.8 Å². The molecule has 0 unspecified atom stereocenters.